The Morgan fingerprint density at radius 1 is 1.08 bits per heavy atom. The minimum atomic E-state index is -4.73. The molecule has 0 bridgehead atoms. The number of halogens is 5. The average molecular weight is 541 g/mol. The molecule has 0 aliphatic heterocycles. The third-order valence-electron chi connectivity index (χ3n) is 5.64. The molecule has 0 aliphatic carbocycles. The molecule has 0 unspecified atom stereocenters. The van der Waals surface area contributed by atoms with Crippen LogP contribution in [0.25, 0.3) is 11.1 Å². The minimum absolute atomic E-state index is 0.0139. The van der Waals surface area contributed by atoms with E-state index in [0.717, 1.165) is 17.7 Å². The molecule has 3 rings (SSSR count). The van der Waals surface area contributed by atoms with Crippen molar-refractivity contribution in [3.05, 3.63) is 91.3 Å². The molecule has 1 aromatic heterocycles. The molecule has 0 saturated heterocycles. The van der Waals surface area contributed by atoms with Gasteiger partial charge in [-0.05, 0) is 36.2 Å². The van der Waals surface area contributed by atoms with Crippen LogP contribution in [-0.4, -0.2) is 29.6 Å². The van der Waals surface area contributed by atoms with E-state index in [1.54, 1.807) is 6.07 Å². The maximum Gasteiger partial charge on any atom is 0.417 e. The zero-order valence-electron chi connectivity index (χ0n) is 19.4. The van der Waals surface area contributed by atoms with Crippen molar-refractivity contribution in [1.82, 2.24) is 9.88 Å². The molecule has 1 atom stereocenters. The van der Waals surface area contributed by atoms with E-state index < -0.39 is 40.8 Å². The Morgan fingerprint density at radius 3 is 2.19 bits per heavy atom. The number of pyridine rings is 1. The van der Waals surface area contributed by atoms with E-state index in [1.165, 1.54) is 50.4 Å². The van der Waals surface area contributed by atoms with E-state index in [2.05, 4.69) is 5.32 Å². The molecule has 0 fully saturated rings. The number of alkyl halides is 3. The number of carbonyl (C=O) groups is 2. The fraction of sp³-hybridized carbons (Fsp3) is 0.240. The van der Waals surface area contributed by atoms with Crippen molar-refractivity contribution in [2.24, 2.45) is 7.05 Å². The SMILES string of the molecule is COC(=O)[C@H](Cc1ccc(-c2c(C(F)(F)F)cc(C)n(C)c2=O)cc1)NC(=O)c1c(Cl)cccc1Cl. The van der Waals surface area contributed by atoms with Gasteiger partial charge in [0.25, 0.3) is 11.5 Å². The van der Waals surface area contributed by atoms with Crippen LogP contribution < -0.4 is 10.9 Å². The minimum Gasteiger partial charge on any atom is -0.467 e. The van der Waals surface area contributed by atoms with E-state index in [0.29, 0.717) is 5.56 Å². The van der Waals surface area contributed by atoms with Crippen LogP contribution >= 0.6 is 23.2 Å². The summed E-state index contributed by atoms with van der Waals surface area (Å²) in [4.78, 5) is 37.8. The Balaban J connectivity index is 1.92. The van der Waals surface area contributed by atoms with Gasteiger partial charge in [0.2, 0.25) is 0 Å². The van der Waals surface area contributed by atoms with Gasteiger partial charge in [-0.2, -0.15) is 13.2 Å². The van der Waals surface area contributed by atoms with E-state index in [1.807, 2.05) is 0 Å². The van der Waals surface area contributed by atoms with Gasteiger partial charge in [-0.15, -0.1) is 0 Å². The summed E-state index contributed by atoms with van der Waals surface area (Å²) in [7, 11) is 2.55. The van der Waals surface area contributed by atoms with E-state index in [9.17, 15) is 27.6 Å². The largest absolute Gasteiger partial charge is 0.467 e. The second-order valence-corrected chi connectivity index (χ2v) is 8.80. The Labute approximate surface area is 214 Å². The first-order valence-corrected chi connectivity index (χ1v) is 11.3. The van der Waals surface area contributed by atoms with Crippen molar-refractivity contribution in [2.75, 3.05) is 7.11 Å². The molecular weight excluding hydrogens is 520 g/mol. The molecule has 1 amide bonds. The second-order valence-electron chi connectivity index (χ2n) is 7.98. The van der Waals surface area contributed by atoms with Gasteiger partial charge in [0.1, 0.15) is 6.04 Å². The summed E-state index contributed by atoms with van der Waals surface area (Å²) in [6.45, 7) is 1.42. The first-order chi connectivity index (χ1) is 16.8. The lowest BCUT2D eigenvalue weighted by Gasteiger charge is -2.18. The topological polar surface area (TPSA) is 77.4 Å². The number of nitrogens with zero attached hydrogens (tertiary/aromatic N) is 1. The van der Waals surface area contributed by atoms with Crippen molar-refractivity contribution >= 4 is 35.1 Å². The highest BCUT2D eigenvalue weighted by atomic mass is 35.5. The van der Waals surface area contributed by atoms with Crippen LogP contribution in [0.1, 0.15) is 27.2 Å². The predicted molar refractivity (Wildman–Crippen MR) is 130 cm³/mol. The van der Waals surface area contributed by atoms with Crippen LogP contribution in [0.2, 0.25) is 10.0 Å². The number of aromatic nitrogens is 1. The average Bonchev–Trinajstić information content (AvgIpc) is 2.81. The van der Waals surface area contributed by atoms with E-state index >= 15 is 0 Å². The first kappa shape index (κ1) is 27.3. The molecule has 1 N–H and O–H groups in total. The first-order valence-electron chi connectivity index (χ1n) is 10.5. The number of carbonyl (C=O) groups excluding carboxylic acids is 2. The third-order valence-corrected chi connectivity index (χ3v) is 6.27. The third kappa shape index (κ3) is 5.74. The number of nitrogens with one attached hydrogen (secondary N) is 1. The van der Waals surface area contributed by atoms with Gasteiger partial charge in [0.05, 0.1) is 33.8 Å². The summed E-state index contributed by atoms with van der Waals surface area (Å²) >= 11 is 12.1. The van der Waals surface area contributed by atoms with Crippen molar-refractivity contribution in [3.63, 3.8) is 0 Å². The summed E-state index contributed by atoms with van der Waals surface area (Å²) < 4.78 is 46.9. The predicted octanol–water partition coefficient (Wildman–Crippen LogP) is 5.20. The fourth-order valence-electron chi connectivity index (χ4n) is 3.65. The van der Waals surface area contributed by atoms with E-state index in [-0.39, 0.29) is 33.3 Å². The van der Waals surface area contributed by atoms with Gasteiger partial charge in [-0.25, -0.2) is 4.79 Å². The number of rotatable bonds is 6. The monoisotopic (exact) mass is 540 g/mol. The molecule has 0 aliphatic rings. The van der Waals surface area contributed by atoms with Crippen LogP contribution in [0.15, 0.2) is 53.3 Å². The second kappa shape index (κ2) is 10.8. The Morgan fingerprint density at radius 2 is 1.67 bits per heavy atom. The smallest absolute Gasteiger partial charge is 0.417 e. The molecule has 1 heterocycles. The molecule has 190 valence electrons. The molecule has 6 nitrogen and oxygen atoms in total. The van der Waals surface area contributed by atoms with Crippen molar-refractivity contribution in [2.45, 2.75) is 25.6 Å². The zero-order valence-corrected chi connectivity index (χ0v) is 20.9. The molecule has 36 heavy (non-hydrogen) atoms. The molecule has 0 radical (unpaired) electrons. The van der Waals surface area contributed by atoms with Crippen LogP contribution in [0.5, 0.6) is 0 Å². The lowest BCUT2D eigenvalue weighted by molar-refractivity contribution is -0.143. The summed E-state index contributed by atoms with van der Waals surface area (Å²) in [6, 6.07) is 9.95. The number of aryl methyl sites for hydroxylation is 1. The number of methoxy groups -OCH3 is 1. The van der Waals surface area contributed by atoms with Crippen LogP contribution in [0.3, 0.4) is 0 Å². The fourth-order valence-corrected chi connectivity index (χ4v) is 4.22. The molecule has 0 spiro atoms. The van der Waals surface area contributed by atoms with Crippen LogP contribution in [0.4, 0.5) is 13.2 Å². The maximum absolute atomic E-state index is 13.7. The van der Waals surface area contributed by atoms with Gasteiger partial charge in [-0.1, -0.05) is 53.5 Å². The highest BCUT2D eigenvalue weighted by Crippen LogP contribution is 2.36. The number of ether oxygens (including phenoxy) is 1. The summed E-state index contributed by atoms with van der Waals surface area (Å²) in [5.74, 6) is -1.45. The van der Waals surface area contributed by atoms with Gasteiger partial charge in [-0.3, -0.25) is 9.59 Å². The number of esters is 1. The quantitative estimate of drug-likeness (QED) is 0.436. The zero-order chi connectivity index (χ0) is 26.8. The lowest BCUT2D eigenvalue weighted by atomic mass is 9.97. The van der Waals surface area contributed by atoms with Crippen LogP contribution in [-0.2, 0) is 29.2 Å². The molecular formula is C25H21Cl2F3N2O4. The number of benzene rings is 2. The van der Waals surface area contributed by atoms with Crippen molar-refractivity contribution < 1.29 is 27.5 Å². The number of hydrogen-bond acceptors (Lipinski definition) is 4. The van der Waals surface area contributed by atoms with Gasteiger partial charge >= 0.3 is 12.1 Å². The molecule has 3 aromatic rings. The Hall–Kier alpha value is -3.30. The van der Waals surface area contributed by atoms with Gasteiger partial charge in [0, 0.05) is 19.2 Å². The van der Waals surface area contributed by atoms with Gasteiger partial charge < -0.3 is 14.6 Å². The van der Waals surface area contributed by atoms with Gasteiger partial charge in [0.15, 0.2) is 0 Å². The highest BCUT2D eigenvalue weighted by molar-refractivity contribution is 6.39. The lowest BCUT2D eigenvalue weighted by Crippen LogP contribution is -2.43. The number of hydrogen-bond donors (Lipinski definition) is 1. The van der Waals surface area contributed by atoms with Crippen LogP contribution in [0, 0.1) is 6.92 Å². The standard InChI is InChI=1S/C25H21Cl2F3N2O4/c1-13-11-16(25(28,29)30)20(23(34)32(13)2)15-9-7-14(8-10-15)12-19(24(35)36-3)31-22(33)21-17(26)5-4-6-18(21)27/h4-11,19H,12H2,1-3H3,(H,31,33)/t19-/m0/s1. The van der Waals surface area contributed by atoms with Crippen molar-refractivity contribution in [1.29, 1.82) is 0 Å². The molecule has 0 saturated carbocycles. The normalized spacial score (nSPS) is 12.2. The Kier molecular flexibility index (Phi) is 8.15. The highest BCUT2D eigenvalue weighted by Gasteiger charge is 2.36. The summed E-state index contributed by atoms with van der Waals surface area (Å²) in [5, 5.41) is 2.71. The molecule has 11 heteroatoms. The summed E-state index contributed by atoms with van der Waals surface area (Å²) in [5.41, 5.74) is -1.58. The summed E-state index contributed by atoms with van der Waals surface area (Å²) in [6.07, 6.45) is -4.77. The van der Waals surface area contributed by atoms with Crippen molar-refractivity contribution in [3.8, 4) is 11.1 Å². The van der Waals surface area contributed by atoms with E-state index in [4.69, 9.17) is 27.9 Å². The number of amides is 1. The maximum atomic E-state index is 13.7. The Bertz CT molecular complexity index is 1350. The molecule has 2 aromatic carbocycles.